The van der Waals surface area contributed by atoms with E-state index in [2.05, 4.69) is 133 Å². The van der Waals surface area contributed by atoms with Crippen molar-refractivity contribution in [3.8, 4) is 0 Å². The van der Waals surface area contributed by atoms with Crippen LogP contribution in [-0.4, -0.2) is 17.8 Å². The first-order valence-corrected chi connectivity index (χ1v) is 20.5. The molecule has 2 heteroatoms. The summed E-state index contributed by atoms with van der Waals surface area (Å²) in [5, 5.41) is 11.2. The van der Waals surface area contributed by atoms with Gasteiger partial charge >= 0.3 is 0 Å². The van der Waals surface area contributed by atoms with E-state index in [1.54, 1.807) is 0 Å². The second kappa shape index (κ2) is 12.4. The highest BCUT2D eigenvalue weighted by atomic mass is 16.5. The van der Waals surface area contributed by atoms with E-state index < -0.39 is 5.60 Å². The first-order valence-electron chi connectivity index (χ1n) is 20.5. The Hall–Kier alpha value is -2.68. The van der Waals surface area contributed by atoms with Gasteiger partial charge in [0, 0.05) is 0 Å². The lowest BCUT2D eigenvalue weighted by atomic mass is 9.32. The minimum absolute atomic E-state index is 0.00952. The minimum Gasteiger partial charge on any atom is -0.393 e. The molecule has 3 unspecified atom stereocenters. The monoisotopic (exact) mass is 684 g/mol. The molecule has 0 aromatic heterocycles. The molecular weight excluding hydrogens is 621 g/mol. The molecule has 8 rings (SSSR count). The Kier molecular flexibility index (Phi) is 8.63. The van der Waals surface area contributed by atoms with Crippen molar-refractivity contribution in [2.24, 2.45) is 56.7 Å². The van der Waals surface area contributed by atoms with Gasteiger partial charge in [0.05, 0.1) is 12.7 Å². The van der Waals surface area contributed by atoms with Gasteiger partial charge in [-0.3, -0.25) is 0 Å². The molecule has 0 bridgehead atoms. The van der Waals surface area contributed by atoms with E-state index in [9.17, 15) is 5.11 Å². The Bertz CT molecular complexity index is 1620. The SMILES string of the molecule is C=C(C)[C@@H]1CC[C@]2(COC(c3ccccc3)(c3ccccc3)c3ccccc3)CC[C@]3(C)[C@H](CCC4[C@@]5(C)CC[C@H](O)C(C)(C)C5CC[C@]43C)C12. The number of hydrogen-bond donors (Lipinski definition) is 1. The van der Waals surface area contributed by atoms with Crippen LogP contribution in [0.15, 0.2) is 103 Å². The summed E-state index contributed by atoms with van der Waals surface area (Å²) in [7, 11) is 0. The van der Waals surface area contributed by atoms with Crippen molar-refractivity contribution in [2.45, 2.75) is 117 Å². The van der Waals surface area contributed by atoms with Crippen LogP contribution in [0.4, 0.5) is 0 Å². The second-order valence-corrected chi connectivity index (χ2v) is 19.5. The van der Waals surface area contributed by atoms with Crippen LogP contribution in [-0.2, 0) is 10.3 Å². The van der Waals surface area contributed by atoms with E-state index >= 15 is 0 Å². The summed E-state index contributed by atoms with van der Waals surface area (Å²) >= 11 is 0. The number of aliphatic hydroxyl groups excluding tert-OH is 1. The van der Waals surface area contributed by atoms with Crippen LogP contribution in [0.3, 0.4) is 0 Å². The van der Waals surface area contributed by atoms with Crippen LogP contribution in [0.2, 0.25) is 0 Å². The zero-order valence-corrected chi connectivity index (χ0v) is 32.5. The number of rotatable bonds is 7. The molecule has 0 aliphatic heterocycles. The van der Waals surface area contributed by atoms with Gasteiger partial charge in [0.25, 0.3) is 0 Å². The normalized spacial score (nSPS) is 40.0. The summed E-state index contributed by atoms with van der Waals surface area (Å²) in [4.78, 5) is 0. The third-order valence-electron chi connectivity index (χ3n) is 17.3. The largest absolute Gasteiger partial charge is 0.393 e. The number of hydrogen-bond acceptors (Lipinski definition) is 2. The molecule has 0 spiro atoms. The second-order valence-electron chi connectivity index (χ2n) is 19.5. The Morgan fingerprint density at radius 3 is 1.78 bits per heavy atom. The lowest BCUT2D eigenvalue weighted by Gasteiger charge is -2.73. The molecule has 0 amide bonds. The zero-order chi connectivity index (χ0) is 35.9. The molecule has 5 saturated carbocycles. The van der Waals surface area contributed by atoms with Crippen LogP contribution in [0, 0.1) is 56.7 Å². The molecule has 5 aliphatic carbocycles. The number of aliphatic hydroxyl groups is 1. The van der Waals surface area contributed by atoms with Gasteiger partial charge in [-0.15, -0.1) is 0 Å². The van der Waals surface area contributed by atoms with E-state index in [0.717, 1.165) is 13.0 Å². The Morgan fingerprint density at radius 2 is 1.24 bits per heavy atom. The topological polar surface area (TPSA) is 29.5 Å². The Morgan fingerprint density at radius 1 is 0.667 bits per heavy atom. The number of fused-ring (bicyclic) bond motifs is 7. The van der Waals surface area contributed by atoms with Crippen LogP contribution in [0.1, 0.15) is 122 Å². The molecule has 51 heavy (non-hydrogen) atoms. The Labute approximate surface area is 309 Å². The maximum absolute atomic E-state index is 11.2. The maximum atomic E-state index is 11.2. The fourth-order valence-corrected chi connectivity index (χ4v) is 14.5. The highest BCUT2D eigenvalue weighted by molar-refractivity contribution is 5.47. The van der Waals surface area contributed by atoms with Gasteiger partial charge < -0.3 is 9.84 Å². The average molecular weight is 685 g/mol. The van der Waals surface area contributed by atoms with E-state index in [1.807, 2.05) is 0 Å². The quantitative estimate of drug-likeness (QED) is 0.198. The molecule has 3 aromatic rings. The number of benzene rings is 3. The number of allylic oxidation sites excluding steroid dienone is 1. The highest BCUT2D eigenvalue weighted by Crippen LogP contribution is 2.77. The molecule has 5 aliphatic rings. The van der Waals surface area contributed by atoms with E-state index in [1.165, 1.54) is 80.1 Å². The average Bonchev–Trinajstić information content (AvgIpc) is 3.52. The summed E-state index contributed by atoms with van der Waals surface area (Å²) < 4.78 is 7.77. The molecule has 1 N–H and O–H groups in total. The minimum atomic E-state index is -0.694. The predicted molar refractivity (Wildman–Crippen MR) is 210 cm³/mol. The summed E-state index contributed by atoms with van der Waals surface area (Å²) in [6, 6.07) is 33.0. The lowest BCUT2D eigenvalue weighted by molar-refractivity contribution is -0.251. The van der Waals surface area contributed by atoms with Crippen LogP contribution in [0.25, 0.3) is 0 Å². The summed E-state index contributed by atoms with van der Waals surface area (Å²) in [5.41, 5.74) is 5.28. The molecular formula is C49H64O2. The maximum Gasteiger partial charge on any atom is 0.143 e. The van der Waals surface area contributed by atoms with Gasteiger partial charge in [-0.25, -0.2) is 0 Å². The van der Waals surface area contributed by atoms with Crippen molar-refractivity contribution in [1.82, 2.24) is 0 Å². The summed E-state index contributed by atoms with van der Waals surface area (Å²) in [5.74, 6) is 3.12. The van der Waals surface area contributed by atoms with E-state index in [0.29, 0.717) is 40.4 Å². The van der Waals surface area contributed by atoms with Crippen molar-refractivity contribution >= 4 is 0 Å². The zero-order valence-electron chi connectivity index (χ0n) is 32.5. The first kappa shape index (κ1) is 35.4. The molecule has 2 nitrogen and oxygen atoms in total. The predicted octanol–water partition coefficient (Wildman–Crippen LogP) is 12.0. The van der Waals surface area contributed by atoms with E-state index in [-0.39, 0.29) is 22.3 Å². The summed E-state index contributed by atoms with van der Waals surface area (Å²) in [6.07, 6.45) is 12.1. The molecule has 0 saturated heterocycles. The third kappa shape index (κ3) is 5.01. The van der Waals surface area contributed by atoms with Crippen LogP contribution >= 0.6 is 0 Å². The molecule has 0 radical (unpaired) electrons. The van der Waals surface area contributed by atoms with Crippen molar-refractivity contribution in [3.63, 3.8) is 0 Å². The molecule has 10 atom stereocenters. The van der Waals surface area contributed by atoms with Gasteiger partial charge in [-0.1, -0.05) is 138 Å². The fraction of sp³-hybridized carbons (Fsp3) is 0.592. The fourth-order valence-electron chi connectivity index (χ4n) is 14.5. The molecule has 272 valence electrons. The van der Waals surface area contributed by atoms with Crippen molar-refractivity contribution in [3.05, 3.63) is 120 Å². The molecule has 3 aromatic carbocycles. The van der Waals surface area contributed by atoms with Crippen molar-refractivity contribution in [1.29, 1.82) is 0 Å². The number of ether oxygens (including phenoxy) is 1. The van der Waals surface area contributed by atoms with Crippen LogP contribution < -0.4 is 0 Å². The molecule has 0 heterocycles. The standard InChI is InChI=1S/C49H64O2/c1-34(2)38-25-30-48(33-51-49(35-17-11-8-12-18-35,36-19-13-9-14-20-36)37-21-15-10-16-22-37)32-31-46(6)39(43(38)48)23-24-41-45(5)28-27-42(50)44(3,4)40(45)26-29-47(41,46)7/h8-22,38-43,50H,1,23-33H2,2-7H3/t38-,39+,40?,41?,42-,43?,45-,46+,47+,48+/m0/s1. The first-order chi connectivity index (χ1) is 24.3. The van der Waals surface area contributed by atoms with Gasteiger partial charge in [-0.2, -0.15) is 0 Å². The Balaban J connectivity index is 1.19. The van der Waals surface area contributed by atoms with Gasteiger partial charge in [0.2, 0.25) is 0 Å². The van der Waals surface area contributed by atoms with E-state index in [4.69, 9.17) is 11.3 Å². The lowest BCUT2D eigenvalue weighted by Crippen LogP contribution is -2.66. The molecule has 5 fully saturated rings. The van der Waals surface area contributed by atoms with Gasteiger partial charge in [0.15, 0.2) is 0 Å². The van der Waals surface area contributed by atoms with Gasteiger partial charge in [-0.05, 0) is 144 Å². The third-order valence-corrected chi connectivity index (χ3v) is 17.3. The van der Waals surface area contributed by atoms with Gasteiger partial charge in [0.1, 0.15) is 5.60 Å². The van der Waals surface area contributed by atoms with Crippen molar-refractivity contribution in [2.75, 3.05) is 6.61 Å². The summed E-state index contributed by atoms with van der Waals surface area (Å²) in [6.45, 7) is 20.7. The van der Waals surface area contributed by atoms with Crippen molar-refractivity contribution < 1.29 is 9.84 Å². The smallest absolute Gasteiger partial charge is 0.143 e. The van der Waals surface area contributed by atoms with Crippen LogP contribution in [0.5, 0.6) is 0 Å². The highest BCUT2D eigenvalue weighted by Gasteiger charge is 2.71.